The highest BCUT2D eigenvalue weighted by Crippen LogP contribution is 2.57. The highest BCUT2D eigenvalue weighted by molar-refractivity contribution is 7.81. The molecule has 0 spiro atoms. The van der Waals surface area contributed by atoms with Gasteiger partial charge >= 0.3 is 0 Å². The molecule has 3 atom stereocenters. The fraction of sp³-hybridized carbons (Fsp3) is 0.500. The van der Waals surface area contributed by atoms with Crippen molar-refractivity contribution < 1.29 is 21.9 Å². The molecule has 128 valence electrons. The minimum atomic E-state index is -4.76. The van der Waals surface area contributed by atoms with Crippen LogP contribution in [-0.4, -0.2) is 18.8 Å². The minimum absolute atomic E-state index is 0.0669. The standard InChI is InChI=1S/C18H20O5S/c1-18-9-8-14-13-5-3-12(23-24(20,21)22)10-11(13)2-4-15(14)16(18)6-7-17(18)19/h3-5,10,14,16H,2,6-9H2,1H3,(H,20,21,22)/p-1. The third kappa shape index (κ3) is 2.40. The molecule has 2 fully saturated rings. The lowest BCUT2D eigenvalue weighted by Gasteiger charge is -2.43. The summed E-state index contributed by atoms with van der Waals surface area (Å²) in [4.78, 5) is 12.3. The van der Waals surface area contributed by atoms with E-state index in [4.69, 9.17) is 0 Å². The maximum absolute atomic E-state index is 12.3. The van der Waals surface area contributed by atoms with Crippen LogP contribution in [0.1, 0.15) is 49.7 Å². The summed E-state index contributed by atoms with van der Waals surface area (Å²) < 4.78 is 36.8. The van der Waals surface area contributed by atoms with Crippen molar-refractivity contribution in [2.75, 3.05) is 0 Å². The largest absolute Gasteiger partial charge is 0.716 e. The molecule has 4 rings (SSSR count). The summed E-state index contributed by atoms with van der Waals surface area (Å²) in [5, 5.41) is 0. The number of hydrogen-bond donors (Lipinski definition) is 0. The van der Waals surface area contributed by atoms with Crippen LogP contribution < -0.4 is 4.18 Å². The Morgan fingerprint density at radius 3 is 2.83 bits per heavy atom. The molecule has 0 bridgehead atoms. The van der Waals surface area contributed by atoms with Gasteiger partial charge in [-0.1, -0.05) is 24.6 Å². The van der Waals surface area contributed by atoms with E-state index in [0.29, 0.717) is 24.5 Å². The molecule has 0 heterocycles. The van der Waals surface area contributed by atoms with Crippen LogP contribution >= 0.6 is 0 Å². The fourth-order valence-corrected chi connectivity index (χ4v) is 5.23. The van der Waals surface area contributed by atoms with E-state index in [2.05, 4.69) is 17.2 Å². The molecule has 3 aliphatic rings. The highest BCUT2D eigenvalue weighted by Gasteiger charge is 2.52. The Morgan fingerprint density at radius 1 is 1.29 bits per heavy atom. The summed E-state index contributed by atoms with van der Waals surface area (Å²) in [7, 11) is -4.76. The van der Waals surface area contributed by atoms with Gasteiger partial charge in [0.2, 0.25) is 0 Å². The molecule has 2 saturated carbocycles. The van der Waals surface area contributed by atoms with E-state index < -0.39 is 10.4 Å². The van der Waals surface area contributed by atoms with Gasteiger partial charge in [-0.05, 0) is 54.9 Å². The third-order valence-electron chi connectivity index (χ3n) is 6.07. The van der Waals surface area contributed by atoms with Gasteiger partial charge in [0.25, 0.3) is 10.4 Å². The second kappa shape index (κ2) is 5.17. The second-order valence-electron chi connectivity index (χ2n) is 7.28. The summed E-state index contributed by atoms with van der Waals surface area (Å²) in [6.07, 6.45) is 6.30. The first-order valence-corrected chi connectivity index (χ1v) is 9.63. The molecule has 1 aromatic carbocycles. The first-order chi connectivity index (χ1) is 11.3. The van der Waals surface area contributed by atoms with E-state index in [1.807, 2.05) is 6.07 Å². The lowest BCUT2D eigenvalue weighted by atomic mass is 9.60. The van der Waals surface area contributed by atoms with Gasteiger partial charge in [0.05, 0.1) is 0 Å². The predicted octanol–water partition coefficient (Wildman–Crippen LogP) is 2.87. The van der Waals surface area contributed by atoms with Crippen molar-refractivity contribution in [2.24, 2.45) is 11.3 Å². The number of ketones is 1. The van der Waals surface area contributed by atoms with Crippen molar-refractivity contribution in [1.29, 1.82) is 0 Å². The number of rotatable bonds is 2. The van der Waals surface area contributed by atoms with E-state index in [-0.39, 0.29) is 17.1 Å². The third-order valence-corrected chi connectivity index (χ3v) is 6.47. The maximum atomic E-state index is 12.3. The molecule has 0 saturated heterocycles. The highest BCUT2D eigenvalue weighted by atomic mass is 32.3. The van der Waals surface area contributed by atoms with E-state index in [9.17, 15) is 17.8 Å². The number of carbonyl (C=O) groups excluding carboxylic acids is 1. The zero-order valence-corrected chi connectivity index (χ0v) is 14.3. The van der Waals surface area contributed by atoms with Gasteiger partial charge in [0.15, 0.2) is 0 Å². The van der Waals surface area contributed by atoms with Crippen LogP contribution in [-0.2, 0) is 21.6 Å². The lowest BCUT2D eigenvalue weighted by Crippen LogP contribution is -2.37. The Morgan fingerprint density at radius 2 is 2.08 bits per heavy atom. The van der Waals surface area contributed by atoms with Crippen LogP contribution in [0.4, 0.5) is 0 Å². The van der Waals surface area contributed by atoms with E-state index >= 15 is 0 Å². The summed E-state index contributed by atoms with van der Waals surface area (Å²) in [6, 6.07) is 5.06. The fourth-order valence-electron chi connectivity index (χ4n) is 4.89. The minimum Gasteiger partial charge on any atom is -0.716 e. The smallest absolute Gasteiger partial charge is 0.262 e. The molecule has 5 nitrogen and oxygen atoms in total. The van der Waals surface area contributed by atoms with E-state index in [1.54, 1.807) is 12.1 Å². The van der Waals surface area contributed by atoms with E-state index in [1.165, 1.54) is 11.1 Å². The van der Waals surface area contributed by atoms with Gasteiger partial charge < -0.3 is 8.74 Å². The Kier molecular flexibility index (Phi) is 3.41. The normalized spacial score (nSPS) is 31.8. The number of Topliss-reactive ketones (excluding diaryl/α,β-unsaturated/α-hetero) is 1. The summed E-state index contributed by atoms with van der Waals surface area (Å²) in [5.74, 6) is 1.07. The van der Waals surface area contributed by atoms with Crippen molar-refractivity contribution in [3.63, 3.8) is 0 Å². The second-order valence-corrected chi connectivity index (χ2v) is 8.27. The molecule has 0 amide bonds. The average Bonchev–Trinajstić information content (AvgIpc) is 2.81. The first kappa shape index (κ1) is 15.8. The molecule has 0 radical (unpaired) electrons. The lowest BCUT2D eigenvalue weighted by molar-refractivity contribution is -0.126. The molecule has 1 aromatic rings. The molecule has 0 aliphatic heterocycles. The first-order valence-electron chi connectivity index (χ1n) is 8.29. The summed E-state index contributed by atoms with van der Waals surface area (Å²) >= 11 is 0. The number of benzene rings is 1. The SMILES string of the molecule is CC12CCC3C(=CCc4cc(OS(=O)(=O)[O-])ccc43)C1CCC2=O. The van der Waals surface area contributed by atoms with Crippen molar-refractivity contribution in [1.82, 2.24) is 0 Å². The Balaban J connectivity index is 1.68. The van der Waals surface area contributed by atoms with Crippen molar-refractivity contribution >= 4 is 16.2 Å². The summed E-state index contributed by atoms with van der Waals surface area (Å²) in [6.45, 7) is 2.11. The summed E-state index contributed by atoms with van der Waals surface area (Å²) in [5.41, 5.74) is 3.33. The maximum Gasteiger partial charge on any atom is 0.262 e. The van der Waals surface area contributed by atoms with Gasteiger partial charge in [-0.3, -0.25) is 4.79 Å². The van der Waals surface area contributed by atoms with Crippen LogP contribution in [0, 0.1) is 11.3 Å². The van der Waals surface area contributed by atoms with Gasteiger partial charge in [0.1, 0.15) is 11.5 Å². The van der Waals surface area contributed by atoms with Crippen LogP contribution in [0.15, 0.2) is 29.8 Å². The molecule has 24 heavy (non-hydrogen) atoms. The quantitative estimate of drug-likeness (QED) is 0.467. The van der Waals surface area contributed by atoms with Gasteiger partial charge in [0, 0.05) is 17.8 Å². The van der Waals surface area contributed by atoms with Crippen LogP contribution in [0.5, 0.6) is 5.75 Å². The van der Waals surface area contributed by atoms with Crippen LogP contribution in [0.25, 0.3) is 0 Å². The van der Waals surface area contributed by atoms with Gasteiger partial charge in [-0.25, -0.2) is 8.42 Å². The molecule has 3 aliphatic carbocycles. The van der Waals surface area contributed by atoms with Gasteiger partial charge in [-0.15, -0.1) is 0 Å². The zero-order chi connectivity index (χ0) is 17.1. The molecular formula is C18H19O5S-. The topological polar surface area (TPSA) is 83.5 Å². The van der Waals surface area contributed by atoms with Crippen molar-refractivity contribution in [2.45, 2.75) is 44.9 Å². The van der Waals surface area contributed by atoms with Crippen LogP contribution in [0.3, 0.4) is 0 Å². The average molecular weight is 347 g/mol. The monoisotopic (exact) mass is 347 g/mol. The predicted molar refractivity (Wildman–Crippen MR) is 86.4 cm³/mol. The molecular weight excluding hydrogens is 328 g/mol. The Labute approximate surface area is 141 Å². The molecule has 6 heteroatoms. The number of fused-ring (bicyclic) bond motifs is 5. The molecule has 3 unspecified atom stereocenters. The molecule has 0 N–H and O–H groups in total. The zero-order valence-electron chi connectivity index (χ0n) is 13.4. The number of carbonyl (C=O) groups is 1. The van der Waals surface area contributed by atoms with Crippen molar-refractivity contribution in [3.05, 3.63) is 41.0 Å². The Bertz CT molecular complexity index is 854. The number of allylic oxidation sites excluding steroid dienone is 2. The van der Waals surface area contributed by atoms with E-state index in [0.717, 1.165) is 24.8 Å². The number of hydrogen-bond acceptors (Lipinski definition) is 5. The Hall–Kier alpha value is -1.66. The van der Waals surface area contributed by atoms with Gasteiger partial charge in [-0.2, -0.15) is 0 Å². The molecule has 0 aromatic heterocycles. The van der Waals surface area contributed by atoms with Crippen LogP contribution in [0.2, 0.25) is 0 Å². The van der Waals surface area contributed by atoms with Crippen molar-refractivity contribution in [3.8, 4) is 5.75 Å².